The van der Waals surface area contributed by atoms with Gasteiger partial charge in [0.25, 0.3) is 0 Å². The van der Waals surface area contributed by atoms with E-state index in [1.165, 1.54) is 12.7 Å². The predicted molar refractivity (Wildman–Crippen MR) is 30.3 cm³/mol. The highest BCUT2D eigenvalue weighted by Crippen LogP contribution is 1.70. The van der Waals surface area contributed by atoms with Crippen LogP contribution in [-0.2, 0) is 0 Å². The van der Waals surface area contributed by atoms with E-state index in [2.05, 4.69) is 15.0 Å². The Kier molecular flexibility index (Phi) is 1.33. The van der Waals surface area contributed by atoms with Gasteiger partial charge in [-0.05, 0) is 0 Å². The minimum atomic E-state index is 0.653. The van der Waals surface area contributed by atoms with E-state index in [1.807, 2.05) is 0 Å². The summed E-state index contributed by atoms with van der Waals surface area (Å²) in [5.41, 5.74) is 0. The predicted octanol–water partition coefficient (Wildman–Crippen LogP) is 0.127. The average Bonchev–Trinajstić information content (AvgIpc) is 1.90. The summed E-state index contributed by atoms with van der Waals surface area (Å²) in [7, 11) is 0. The average molecular weight is 95.1 g/mol. The Morgan fingerprint density at radius 3 is 3.14 bits per heavy atom. The molecule has 0 amide bonds. The Balaban J connectivity index is 2.60. The van der Waals surface area contributed by atoms with E-state index in [0.717, 1.165) is 0 Å². The highest BCUT2D eigenvalue weighted by Gasteiger charge is 1.72. The SMILES string of the molecule is C1=NC=NC=NC1. The Morgan fingerprint density at radius 1 is 1.14 bits per heavy atom. The summed E-state index contributed by atoms with van der Waals surface area (Å²) in [4.78, 5) is 11.2. The van der Waals surface area contributed by atoms with E-state index in [4.69, 9.17) is 0 Å². The number of hydrogen-bond acceptors (Lipinski definition) is 3. The summed E-state index contributed by atoms with van der Waals surface area (Å²) in [5.74, 6) is 0. The summed E-state index contributed by atoms with van der Waals surface area (Å²) >= 11 is 0. The van der Waals surface area contributed by atoms with Gasteiger partial charge in [0.05, 0.1) is 6.54 Å². The second-order valence-corrected chi connectivity index (χ2v) is 1.08. The molecule has 0 saturated heterocycles. The fourth-order valence-electron chi connectivity index (χ4n) is 0.304. The van der Waals surface area contributed by atoms with Crippen LogP contribution in [0.4, 0.5) is 0 Å². The van der Waals surface area contributed by atoms with Crippen molar-refractivity contribution in [2.45, 2.75) is 0 Å². The maximum atomic E-state index is 3.80. The van der Waals surface area contributed by atoms with Crippen LogP contribution in [0.3, 0.4) is 0 Å². The molecule has 3 heteroatoms. The van der Waals surface area contributed by atoms with Gasteiger partial charge >= 0.3 is 0 Å². The maximum absolute atomic E-state index is 3.80. The van der Waals surface area contributed by atoms with Gasteiger partial charge in [-0.1, -0.05) is 0 Å². The van der Waals surface area contributed by atoms with Gasteiger partial charge in [0.15, 0.2) is 0 Å². The Labute approximate surface area is 41.5 Å². The molecule has 0 aromatic heterocycles. The summed E-state index contributed by atoms with van der Waals surface area (Å²) < 4.78 is 0. The molecule has 0 unspecified atom stereocenters. The number of nitrogens with zero attached hydrogens (tertiary/aromatic N) is 3. The van der Waals surface area contributed by atoms with Crippen molar-refractivity contribution in [3.63, 3.8) is 0 Å². The van der Waals surface area contributed by atoms with E-state index < -0.39 is 0 Å². The van der Waals surface area contributed by atoms with Crippen molar-refractivity contribution >= 4 is 18.9 Å². The zero-order valence-corrected chi connectivity index (χ0v) is 3.78. The molecule has 1 rings (SSSR count). The number of aliphatic imine (C=N–C) groups is 3. The minimum absolute atomic E-state index is 0.653. The zero-order valence-electron chi connectivity index (χ0n) is 3.78. The molecule has 0 spiro atoms. The Hall–Kier alpha value is -0.990. The largest absolute Gasteiger partial charge is 0.268 e. The van der Waals surface area contributed by atoms with Crippen molar-refractivity contribution in [1.82, 2.24) is 0 Å². The fraction of sp³-hybridized carbons (Fsp3) is 0.250. The summed E-state index contributed by atoms with van der Waals surface area (Å²) in [6.07, 6.45) is 4.66. The summed E-state index contributed by atoms with van der Waals surface area (Å²) in [5, 5.41) is 0. The van der Waals surface area contributed by atoms with E-state index in [-0.39, 0.29) is 0 Å². The lowest BCUT2D eigenvalue weighted by Gasteiger charge is -1.69. The van der Waals surface area contributed by atoms with Crippen LogP contribution in [0.5, 0.6) is 0 Å². The van der Waals surface area contributed by atoms with Gasteiger partial charge in [0.1, 0.15) is 12.7 Å². The second-order valence-electron chi connectivity index (χ2n) is 1.08. The van der Waals surface area contributed by atoms with E-state index >= 15 is 0 Å². The van der Waals surface area contributed by atoms with Gasteiger partial charge in [-0.25, -0.2) is 9.98 Å². The van der Waals surface area contributed by atoms with Crippen molar-refractivity contribution < 1.29 is 0 Å². The second kappa shape index (κ2) is 2.23. The van der Waals surface area contributed by atoms with Crippen LogP contribution in [0.25, 0.3) is 0 Å². The lowest BCUT2D eigenvalue weighted by atomic mass is 10.7. The molecule has 3 nitrogen and oxygen atoms in total. The quantitative estimate of drug-likeness (QED) is 0.410. The van der Waals surface area contributed by atoms with Crippen LogP contribution in [0.2, 0.25) is 0 Å². The fourth-order valence-corrected chi connectivity index (χ4v) is 0.304. The van der Waals surface area contributed by atoms with Crippen LogP contribution < -0.4 is 0 Å². The van der Waals surface area contributed by atoms with Crippen molar-refractivity contribution in [3.05, 3.63) is 0 Å². The molecule has 36 valence electrons. The summed E-state index contributed by atoms with van der Waals surface area (Å²) in [6, 6.07) is 0. The molecular weight excluding hydrogens is 90.1 g/mol. The maximum Gasteiger partial charge on any atom is 0.116 e. The lowest BCUT2D eigenvalue weighted by Crippen LogP contribution is -1.76. The normalized spacial score (nSPS) is 17.1. The highest BCUT2D eigenvalue weighted by molar-refractivity contribution is 5.81. The molecule has 0 N–H and O–H groups in total. The highest BCUT2D eigenvalue weighted by atomic mass is 14.9. The molecule has 0 aliphatic carbocycles. The smallest absolute Gasteiger partial charge is 0.116 e. The molecule has 0 fully saturated rings. The first-order valence-electron chi connectivity index (χ1n) is 2.02. The topological polar surface area (TPSA) is 37.1 Å². The van der Waals surface area contributed by atoms with Crippen LogP contribution >= 0.6 is 0 Å². The molecule has 0 atom stereocenters. The van der Waals surface area contributed by atoms with Crippen molar-refractivity contribution in [1.29, 1.82) is 0 Å². The van der Waals surface area contributed by atoms with Crippen molar-refractivity contribution in [3.8, 4) is 0 Å². The van der Waals surface area contributed by atoms with Gasteiger partial charge in [-0.3, -0.25) is 4.99 Å². The van der Waals surface area contributed by atoms with Gasteiger partial charge in [0.2, 0.25) is 0 Å². The minimum Gasteiger partial charge on any atom is -0.268 e. The van der Waals surface area contributed by atoms with E-state index in [9.17, 15) is 0 Å². The van der Waals surface area contributed by atoms with Gasteiger partial charge in [0, 0.05) is 6.21 Å². The third kappa shape index (κ3) is 1.26. The zero-order chi connectivity index (χ0) is 4.95. The van der Waals surface area contributed by atoms with Crippen LogP contribution in [0, 0.1) is 0 Å². The molecule has 0 aromatic rings. The first kappa shape index (κ1) is 4.18. The van der Waals surface area contributed by atoms with Crippen molar-refractivity contribution in [2.75, 3.05) is 6.54 Å². The molecule has 7 heavy (non-hydrogen) atoms. The summed E-state index contributed by atoms with van der Waals surface area (Å²) in [6.45, 7) is 0.653. The first-order chi connectivity index (χ1) is 3.50. The Morgan fingerprint density at radius 2 is 2.14 bits per heavy atom. The van der Waals surface area contributed by atoms with Gasteiger partial charge in [-0.2, -0.15) is 0 Å². The molecule has 1 aliphatic heterocycles. The third-order valence-electron chi connectivity index (χ3n) is 0.574. The molecular formula is C4H5N3. The molecule has 0 radical (unpaired) electrons. The molecule has 0 saturated carbocycles. The Bertz CT molecular complexity index is 109. The lowest BCUT2D eigenvalue weighted by molar-refractivity contribution is 1.34. The van der Waals surface area contributed by atoms with Gasteiger partial charge in [-0.15, -0.1) is 0 Å². The molecule has 0 bridgehead atoms. The number of hydrogen-bond donors (Lipinski definition) is 0. The van der Waals surface area contributed by atoms with Crippen LogP contribution in [0.15, 0.2) is 15.0 Å². The van der Waals surface area contributed by atoms with Crippen molar-refractivity contribution in [2.24, 2.45) is 15.0 Å². The molecule has 1 heterocycles. The molecule has 1 aliphatic rings. The van der Waals surface area contributed by atoms with Crippen LogP contribution in [0.1, 0.15) is 0 Å². The number of rotatable bonds is 0. The van der Waals surface area contributed by atoms with Gasteiger partial charge < -0.3 is 0 Å². The first-order valence-corrected chi connectivity index (χ1v) is 2.02. The monoisotopic (exact) mass is 95.0 g/mol. The van der Waals surface area contributed by atoms with E-state index in [1.54, 1.807) is 6.21 Å². The van der Waals surface area contributed by atoms with Crippen LogP contribution in [-0.4, -0.2) is 25.4 Å². The van der Waals surface area contributed by atoms with E-state index in [0.29, 0.717) is 6.54 Å². The standard InChI is InChI=1S/C4H5N3/c1-2-6-4-7-3-5-1/h1,3-4H,2H2. The third-order valence-corrected chi connectivity index (χ3v) is 0.574. The molecule has 0 aromatic carbocycles.